The van der Waals surface area contributed by atoms with Gasteiger partial charge in [0.25, 0.3) is 5.91 Å². The number of hydrogen-bond acceptors (Lipinski definition) is 3. The van der Waals surface area contributed by atoms with Crippen molar-refractivity contribution in [2.24, 2.45) is 5.92 Å². The highest BCUT2D eigenvalue weighted by Gasteiger charge is 2.23. The topological polar surface area (TPSA) is 23.6 Å². The average Bonchev–Trinajstić information content (AvgIpc) is 3.15. The Morgan fingerprint density at radius 1 is 1.28 bits per heavy atom. The molecule has 1 aromatic carbocycles. The van der Waals surface area contributed by atoms with Gasteiger partial charge in [-0.15, -0.1) is 11.3 Å². The van der Waals surface area contributed by atoms with Crippen LogP contribution in [0.4, 0.5) is 0 Å². The van der Waals surface area contributed by atoms with Crippen molar-refractivity contribution in [1.29, 1.82) is 0 Å². The van der Waals surface area contributed by atoms with Gasteiger partial charge in [-0.3, -0.25) is 4.79 Å². The first-order valence-corrected chi connectivity index (χ1v) is 10.1. The Labute approximate surface area is 155 Å². The van der Waals surface area contributed by atoms with Crippen LogP contribution in [0.1, 0.15) is 33.6 Å². The van der Waals surface area contributed by atoms with Crippen molar-refractivity contribution in [1.82, 2.24) is 9.80 Å². The third-order valence-corrected chi connectivity index (χ3v) is 6.03. The second kappa shape index (κ2) is 8.63. The molecule has 0 N–H and O–H groups in total. The average molecular weight is 357 g/mol. The molecule has 3 rings (SSSR count). The normalized spacial score (nSPS) is 18.2. The number of aryl methyl sites for hydroxylation is 1. The molecular formula is C21H28N2OS. The van der Waals surface area contributed by atoms with Gasteiger partial charge in [-0.2, -0.15) is 0 Å². The van der Waals surface area contributed by atoms with Crippen LogP contribution in [-0.4, -0.2) is 48.9 Å². The Bertz CT molecular complexity index is 683. The van der Waals surface area contributed by atoms with E-state index in [2.05, 4.69) is 36.1 Å². The standard InChI is InChI=1S/C21H28N2OS/c1-17-7-3-4-9-19(17)11-13-23-12-5-8-18(16-23)15-22(2)21(24)20-10-6-14-25-20/h3-4,6-7,9-10,14,18H,5,8,11-13,15-16H2,1-2H3/t18-/m1/s1. The van der Waals surface area contributed by atoms with E-state index in [-0.39, 0.29) is 5.91 Å². The summed E-state index contributed by atoms with van der Waals surface area (Å²) >= 11 is 1.53. The van der Waals surface area contributed by atoms with Crippen molar-refractivity contribution in [3.63, 3.8) is 0 Å². The van der Waals surface area contributed by atoms with Gasteiger partial charge in [0.2, 0.25) is 0 Å². The maximum atomic E-state index is 12.4. The first kappa shape index (κ1) is 18.2. The Balaban J connectivity index is 1.49. The molecule has 1 saturated heterocycles. The van der Waals surface area contributed by atoms with Gasteiger partial charge in [0.1, 0.15) is 0 Å². The summed E-state index contributed by atoms with van der Waals surface area (Å²) in [4.78, 5) is 17.8. The van der Waals surface area contributed by atoms with Crippen molar-refractivity contribution in [2.75, 3.05) is 33.2 Å². The van der Waals surface area contributed by atoms with Crippen LogP contribution in [0.25, 0.3) is 0 Å². The van der Waals surface area contributed by atoms with Gasteiger partial charge in [-0.05, 0) is 61.2 Å². The lowest BCUT2D eigenvalue weighted by Gasteiger charge is -2.34. The van der Waals surface area contributed by atoms with Crippen LogP contribution in [0.3, 0.4) is 0 Å². The number of nitrogens with zero attached hydrogens (tertiary/aromatic N) is 2. The zero-order valence-electron chi connectivity index (χ0n) is 15.3. The number of carbonyl (C=O) groups is 1. The van der Waals surface area contributed by atoms with E-state index >= 15 is 0 Å². The molecular weight excluding hydrogens is 328 g/mol. The predicted molar refractivity (Wildman–Crippen MR) is 105 cm³/mol. The van der Waals surface area contributed by atoms with Gasteiger partial charge in [-0.25, -0.2) is 0 Å². The molecule has 3 nitrogen and oxygen atoms in total. The third kappa shape index (κ3) is 4.93. The molecule has 0 spiro atoms. The van der Waals surface area contributed by atoms with Crippen LogP contribution < -0.4 is 0 Å². The van der Waals surface area contributed by atoms with Gasteiger partial charge < -0.3 is 9.80 Å². The molecule has 1 fully saturated rings. The number of thiophene rings is 1. The van der Waals surface area contributed by atoms with E-state index in [1.165, 1.54) is 41.9 Å². The fourth-order valence-corrected chi connectivity index (χ4v) is 4.45. The van der Waals surface area contributed by atoms with Gasteiger partial charge in [0, 0.05) is 26.7 Å². The summed E-state index contributed by atoms with van der Waals surface area (Å²) < 4.78 is 0. The summed E-state index contributed by atoms with van der Waals surface area (Å²) in [6, 6.07) is 12.5. The van der Waals surface area contributed by atoms with E-state index in [1.54, 1.807) is 0 Å². The monoisotopic (exact) mass is 356 g/mol. The zero-order chi connectivity index (χ0) is 17.6. The lowest BCUT2D eigenvalue weighted by atomic mass is 9.96. The summed E-state index contributed by atoms with van der Waals surface area (Å²) in [6.07, 6.45) is 3.58. The van der Waals surface area contributed by atoms with Gasteiger partial charge in [0.05, 0.1) is 4.88 Å². The van der Waals surface area contributed by atoms with Gasteiger partial charge in [-0.1, -0.05) is 30.3 Å². The van der Waals surface area contributed by atoms with Gasteiger partial charge >= 0.3 is 0 Å². The molecule has 1 atom stereocenters. The highest BCUT2D eigenvalue weighted by atomic mass is 32.1. The van der Waals surface area contributed by atoms with Crippen LogP contribution in [0, 0.1) is 12.8 Å². The van der Waals surface area contributed by atoms with E-state index < -0.39 is 0 Å². The molecule has 1 aromatic heterocycles. The lowest BCUT2D eigenvalue weighted by Crippen LogP contribution is -2.42. The molecule has 0 unspecified atom stereocenters. The molecule has 134 valence electrons. The summed E-state index contributed by atoms with van der Waals surface area (Å²) in [6.45, 7) is 6.46. The number of rotatable bonds is 6. The molecule has 1 aliphatic heterocycles. The Morgan fingerprint density at radius 3 is 2.88 bits per heavy atom. The molecule has 0 saturated carbocycles. The number of hydrogen-bond donors (Lipinski definition) is 0. The van der Waals surface area contributed by atoms with Crippen molar-refractivity contribution in [3.8, 4) is 0 Å². The van der Waals surface area contributed by atoms with E-state index in [0.717, 1.165) is 30.9 Å². The number of likely N-dealkylation sites (tertiary alicyclic amines) is 1. The van der Waals surface area contributed by atoms with E-state index in [1.807, 2.05) is 29.5 Å². The van der Waals surface area contributed by atoms with Crippen molar-refractivity contribution < 1.29 is 4.79 Å². The third-order valence-electron chi connectivity index (χ3n) is 5.17. The molecule has 1 amide bonds. The second-order valence-electron chi connectivity index (χ2n) is 7.15. The number of piperidine rings is 1. The molecule has 1 aliphatic rings. The number of amides is 1. The highest BCUT2D eigenvalue weighted by Crippen LogP contribution is 2.20. The first-order chi connectivity index (χ1) is 12.1. The SMILES string of the molecule is Cc1ccccc1CCN1CCC[C@H](CN(C)C(=O)c2cccs2)C1. The molecule has 0 bridgehead atoms. The van der Waals surface area contributed by atoms with Crippen molar-refractivity contribution in [2.45, 2.75) is 26.2 Å². The van der Waals surface area contributed by atoms with Gasteiger partial charge in [0.15, 0.2) is 0 Å². The smallest absolute Gasteiger partial charge is 0.263 e. The molecule has 0 aliphatic carbocycles. The summed E-state index contributed by atoms with van der Waals surface area (Å²) in [5, 5.41) is 1.97. The Morgan fingerprint density at radius 2 is 2.12 bits per heavy atom. The zero-order valence-corrected chi connectivity index (χ0v) is 16.1. The van der Waals surface area contributed by atoms with E-state index in [0.29, 0.717) is 5.92 Å². The lowest BCUT2D eigenvalue weighted by molar-refractivity contribution is 0.0735. The molecule has 25 heavy (non-hydrogen) atoms. The van der Waals surface area contributed by atoms with Crippen LogP contribution in [0.5, 0.6) is 0 Å². The molecule has 2 heterocycles. The number of benzene rings is 1. The van der Waals surface area contributed by atoms with Crippen molar-refractivity contribution >= 4 is 17.2 Å². The summed E-state index contributed by atoms with van der Waals surface area (Å²) in [5.74, 6) is 0.742. The molecule has 0 radical (unpaired) electrons. The maximum absolute atomic E-state index is 12.4. The highest BCUT2D eigenvalue weighted by molar-refractivity contribution is 7.12. The fraction of sp³-hybridized carbons (Fsp3) is 0.476. The van der Waals surface area contributed by atoms with E-state index in [4.69, 9.17) is 0 Å². The maximum Gasteiger partial charge on any atom is 0.263 e. The Kier molecular flexibility index (Phi) is 6.27. The first-order valence-electron chi connectivity index (χ1n) is 9.19. The second-order valence-corrected chi connectivity index (χ2v) is 8.10. The van der Waals surface area contributed by atoms with Crippen LogP contribution in [0.15, 0.2) is 41.8 Å². The van der Waals surface area contributed by atoms with Crippen LogP contribution in [-0.2, 0) is 6.42 Å². The predicted octanol–water partition coefficient (Wildman–Crippen LogP) is 4.08. The van der Waals surface area contributed by atoms with E-state index in [9.17, 15) is 4.79 Å². The molecule has 2 aromatic rings. The largest absolute Gasteiger partial charge is 0.341 e. The molecule has 4 heteroatoms. The Hall–Kier alpha value is -1.65. The minimum absolute atomic E-state index is 0.159. The van der Waals surface area contributed by atoms with Crippen LogP contribution >= 0.6 is 11.3 Å². The fourth-order valence-electron chi connectivity index (χ4n) is 3.73. The quantitative estimate of drug-likeness (QED) is 0.778. The minimum Gasteiger partial charge on any atom is -0.341 e. The minimum atomic E-state index is 0.159. The number of carbonyl (C=O) groups excluding carboxylic acids is 1. The summed E-state index contributed by atoms with van der Waals surface area (Å²) in [5.41, 5.74) is 2.84. The van der Waals surface area contributed by atoms with Crippen LogP contribution in [0.2, 0.25) is 0 Å². The van der Waals surface area contributed by atoms with Crippen molar-refractivity contribution in [3.05, 3.63) is 57.8 Å². The summed E-state index contributed by atoms with van der Waals surface area (Å²) in [7, 11) is 1.94.